The molecule has 1 aliphatic rings. The highest BCUT2D eigenvalue weighted by Gasteiger charge is 2.29. The van der Waals surface area contributed by atoms with Crippen molar-refractivity contribution in [2.45, 2.75) is 25.0 Å². The van der Waals surface area contributed by atoms with Crippen molar-refractivity contribution >= 4 is 11.9 Å². The van der Waals surface area contributed by atoms with E-state index in [1.54, 1.807) is 31.2 Å². The highest BCUT2D eigenvalue weighted by atomic mass is 16.5. The molecule has 0 spiro atoms. The molecule has 8 nitrogen and oxygen atoms in total. The molecule has 1 aliphatic carbocycles. The monoisotopic (exact) mass is 275 g/mol. The lowest BCUT2D eigenvalue weighted by molar-refractivity contribution is 0.0327. The van der Waals surface area contributed by atoms with Crippen LogP contribution in [0.2, 0.25) is 0 Å². The molecule has 2 aromatic heterocycles. The number of rotatable bonds is 5. The van der Waals surface area contributed by atoms with Crippen molar-refractivity contribution in [1.82, 2.24) is 24.7 Å². The first-order chi connectivity index (χ1) is 9.78. The summed E-state index contributed by atoms with van der Waals surface area (Å²) in [6.07, 6.45) is 5.75. The van der Waals surface area contributed by atoms with Gasteiger partial charge in [0.2, 0.25) is 11.9 Å². The van der Waals surface area contributed by atoms with Crippen molar-refractivity contribution in [2.75, 3.05) is 24.8 Å². The predicted octanol–water partition coefficient (Wildman–Crippen LogP) is 0.688. The summed E-state index contributed by atoms with van der Waals surface area (Å²) in [5, 5.41) is 10.4. The fourth-order valence-corrected chi connectivity index (χ4v) is 2.09. The number of nitrogens with one attached hydrogen (secondary N) is 2. The third-order valence-electron chi connectivity index (χ3n) is 3.32. The van der Waals surface area contributed by atoms with Crippen LogP contribution < -0.4 is 10.6 Å². The summed E-state index contributed by atoms with van der Waals surface area (Å²) >= 11 is 0. The molecule has 0 unspecified atom stereocenters. The standard InChI is InChI=1S/C12H17N7O/c1-13-10-16-11(15-8-6-9(7-8)20-2)18-12(17-10)19-5-3-4-14-19/h3-5,8-9H,6-7H2,1-2H3,(H2,13,15,16,17,18). The summed E-state index contributed by atoms with van der Waals surface area (Å²) in [5.41, 5.74) is 0. The van der Waals surface area contributed by atoms with Gasteiger partial charge < -0.3 is 15.4 Å². The van der Waals surface area contributed by atoms with Crippen LogP contribution in [0.1, 0.15) is 12.8 Å². The van der Waals surface area contributed by atoms with E-state index in [9.17, 15) is 0 Å². The third-order valence-corrected chi connectivity index (χ3v) is 3.32. The van der Waals surface area contributed by atoms with Gasteiger partial charge in [-0.15, -0.1) is 0 Å². The Bertz CT molecular complexity index is 565. The average molecular weight is 275 g/mol. The fraction of sp³-hybridized carbons (Fsp3) is 0.500. The van der Waals surface area contributed by atoms with E-state index >= 15 is 0 Å². The minimum absolute atomic E-state index is 0.337. The molecule has 1 saturated carbocycles. The molecule has 8 heteroatoms. The van der Waals surface area contributed by atoms with Gasteiger partial charge in [0.25, 0.3) is 5.95 Å². The molecule has 2 N–H and O–H groups in total. The maximum atomic E-state index is 5.26. The highest BCUT2D eigenvalue weighted by molar-refractivity contribution is 5.38. The van der Waals surface area contributed by atoms with Gasteiger partial charge in [0, 0.05) is 32.6 Å². The van der Waals surface area contributed by atoms with Crippen LogP contribution in [0.4, 0.5) is 11.9 Å². The molecule has 0 amide bonds. The minimum Gasteiger partial charge on any atom is -0.381 e. The fourth-order valence-electron chi connectivity index (χ4n) is 2.09. The average Bonchev–Trinajstić information content (AvgIpc) is 2.96. The van der Waals surface area contributed by atoms with Gasteiger partial charge >= 0.3 is 0 Å². The molecular formula is C12H17N7O. The largest absolute Gasteiger partial charge is 0.381 e. The lowest BCUT2D eigenvalue weighted by Crippen LogP contribution is -2.40. The molecule has 0 aliphatic heterocycles. The molecule has 106 valence electrons. The minimum atomic E-state index is 0.337. The maximum Gasteiger partial charge on any atom is 0.257 e. The Morgan fingerprint density at radius 2 is 2.05 bits per heavy atom. The highest BCUT2D eigenvalue weighted by Crippen LogP contribution is 2.25. The zero-order valence-electron chi connectivity index (χ0n) is 11.4. The Morgan fingerprint density at radius 1 is 1.25 bits per heavy atom. The van der Waals surface area contributed by atoms with Crippen molar-refractivity contribution in [3.8, 4) is 5.95 Å². The van der Waals surface area contributed by atoms with Crippen molar-refractivity contribution in [2.24, 2.45) is 0 Å². The van der Waals surface area contributed by atoms with Crippen molar-refractivity contribution < 1.29 is 4.74 Å². The maximum absolute atomic E-state index is 5.26. The summed E-state index contributed by atoms with van der Waals surface area (Å²) < 4.78 is 6.87. The van der Waals surface area contributed by atoms with Gasteiger partial charge in [0.05, 0.1) is 6.10 Å². The predicted molar refractivity (Wildman–Crippen MR) is 73.9 cm³/mol. The first kappa shape index (κ1) is 12.8. The SMILES string of the molecule is CNc1nc(NC2CC(OC)C2)nc(-n2cccn2)n1. The van der Waals surface area contributed by atoms with Crippen LogP contribution in [-0.2, 0) is 4.74 Å². The van der Waals surface area contributed by atoms with Crippen LogP contribution in [0.15, 0.2) is 18.5 Å². The van der Waals surface area contributed by atoms with Crippen molar-refractivity contribution in [1.29, 1.82) is 0 Å². The van der Waals surface area contributed by atoms with E-state index in [2.05, 4.69) is 30.7 Å². The number of ether oxygens (including phenoxy) is 1. The molecule has 20 heavy (non-hydrogen) atoms. The summed E-state index contributed by atoms with van der Waals surface area (Å²) in [5.74, 6) is 1.55. The summed E-state index contributed by atoms with van der Waals surface area (Å²) in [4.78, 5) is 13.0. The summed E-state index contributed by atoms with van der Waals surface area (Å²) in [7, 11) is 3.51. The van der Waals surface area contributed by atoms with E-state index in [-0.39, 0.29) is 0 Å². The molecule has 2 heterocycles. The Kier molecular flexibility index (Phi) is 3.46. The van der Waals surface area contributed by atoms with E-state index in [1.165, 1.54) is 0 Å². The van der Waals surface area contributed by atoms with Crippen LogP contribution in [0.3, 0.4) is 0 Å². The Balaban J connectivity index is 1.78. The van der Waals surface area contributed by atoms with Gasteiger partial charge in [-0.1, -0.05) is 0 Å². The Hall–Kier alpha value is -2.22. The Labute approximate surface area is 116 Å². The number of hydrogen-bond acceptors (Lipinski definition) is 7. The van der Waals surface area contributed by atoms with E-state index in [0.29, 0.717) is 30.0 Å². The van der Waals surface area contributed by atoms with Gasteiger partial charge in [-0.05, 0) is 18.9 Å². The van der Waals surface area contributed by atoms with Crippen LogP contribution in [0.5, 0.6) is 0 Å². The number of nitrogens with zero attached hydrogens (tertiary/aromatic N) is 5. The lowest BCUT2D eigenvalue weighted by Gasteiger charge is -2.34. The molecule has 0 bridgehead atoms. The van der Waals surface area contributed by atoms with E-state index < -0.39 is 0 Å². The van der Waals surface area contributed by atoms with Gasteiger partial charge in [-0.3, -0.25) is 0 Å². The first-order valence-electron chi connectivity index (χ1n) is 6.51. The van der Waals surface area contributed by atoms with Gasteiger partial charge in [0.1, 0.15) is 0 Å². The third kappa shape index (κ3) is 2.55. The zero-order chi connectivity index (χ0) is 13.9. The van der Waals surface area contributed by atoms with Crippen LogP contribution in [-0.4, -0.2) is 51.0 Å². The molecule has 2 aromatic rings. The second-order valence-corrected chi connectivity index (χ2v) is 4.65. The first-order valence-corrected chi connectivity index (χ1v) is 6.51. The number of hydrogen-bond donors (Lipinski definition) is 2. The quantitative estimate of drug-likeness (QED) is 0.829. The summed E-state index contributed by atoms with van der Waals surface area (Å²) in [6, 6.07) is 2.17. The molecule has 0 radical (unpaired) electrons. The van der Waals surface area contributed by atoms with Gasteiger partial charge in [-0.25, -0.2) is 4.68 Å². The normalized spacial score (nSPS) is 21.3. The molecule has 0 atom stereocenters. The van der Waals surface area contributed by atoms with Crippen LogP contribution in [0, 0.1) is 0 Å². The van der Waals surface area contributed by atoms with E-state index in [0.717, 1.165) is 12.8 Å². The van der Waals surface area contributed by atoms with Crippen molar-refractivity contribution in [3.05, 3.63) is 18.5 Å². The molecule has 0 aromatic carbocycles. The smallest absolute Gasteiger partial charge is 0.257 e. The van der Waals surface area contributed by atoms with E-state index in [1.807, 2.05) is 6.07 Å². The van der Waals surface area contributed by atoms with Crippen LogP contribution >= 0.6 is 0 Å². The summed E-state index contributed by atoms with van der Waals surface area (Å²) in [6.45, 7) is 0. The van der Waals surface area contributed by atoms with Crippen molar-refractivity contribution in [3.63, 3.8) is 0 Å². The topological polar surface area (TPSA) is 89.8 Å². The van der Waals surface area contributed by atoms with Gasteiger partial charge in [-0.2, -0.15) is 20.1 Å². The second-order valence-electron chi connectivity index (χ2n) is 4.65. The molecule has 1 fully saturated rings. The van der Waals surface area contributed by atoms with Crippen LogP contribution in [0.25, 0.3) is 5.95 Å². The number of aromatic nitrogens is 5. The zero-order valence-corrected chi connectivity index (χ0v) is 11.4. The number of methoxy groups -OCH3 is 1. The molecular weight excluding hydrogens is 258 g/mol. The van der Waals surface area contributed by atoms with E-state index in [4.69, 9.17) is 4.74 Å². The lowest BCUT2D eigenvalue weighted by atomic mass is 9.89. The Morgan fingerprint density at radius 3 is 2.70 bits per heavy atom. The van der Waals surface area contributed by atoms with Gasteiger partial charge in [0.15, 0.2) is 0 Å². The molecule has 0 saturated heterocycles. The second kappa shape index (κ2) is 5.41. The number of anilines is 2. The molecule has 3 rings (SSSR count).